The minimum absolute atomic E-state index is 0.0292. The molecule has 2 N–H and O–H groups in total. The van der Waals surface area contributed by atoms with Crippen molar-refractivity contribution in [2.24, 2.45) is 23.5 Å². The minimum Gasteiger partial charge on any atom is -0.392 e. The van der Waals surface area contributed by atoms with Gasteiger partial charge in [-0.25, -0.2) is 0 Å². The van der Waals surface area contributed by atoms with Gasteiger partial charge < -0.3 is 10.6 Å². The van der Waals surface area contributed by atoms with Crippen LogP contribution in [0.2, 0.25) is 0 Å². The van der Waals surface area contributed by atoms with Crippen LogP contribution in [0.4, 0.5) is 0 Å². The summed E-state index contributed by atoms with van der Waals surface area (Å²) in [7, 11) is 0. The Balaban J connectivity index is 1.64. The molecule has 1 saturated heterocycles. The maximum atomic E-state index is 12.8. The van der Waals surface area contributed by atoms with E-state index in [1.54, 1.807) is 0 Å². The maximum absolute atomic E-state index is 12.8. The van der Waals surface area contributed by atoms with Crippen molar-refractivity contribution in [2.75, 3.05) is 6.54 Å². The molecule has 3 fully saturated rings. The van der Waals surface area contributed by atoms with Crippen molar-refractivity contribution in [2.45, 2.75) is 63.8 Å². The largest absolute Gasteiger partial charge is 0.392 e. The van der Waals surface area contributed by atoms with Crippen LogP contribution in [0.25, 0.3) is 0 Å². The molecule has 0 spiro atoms. The molecule has 0 aromatic carbocycles. The second kappa shape index (κ2) is 6.00. The van der Waals surface area contributed by atoms with Crippen LogP contribution in [-0.2, 0) is 4.79 Å². The molecular formula is C16H26N2OS. The molecular weight excluding hydrogens is 268 g/mol. The van der Waals surface area contributed by atoms with Crippen molar-refractivity contribution < 1.29 is 4.79 Å². The molecule has 4 heteroatoms. The third-order valence-corrected chi connectivity index (χ3v) is 6.03. The van der Waals surface area contributed by atoms with E-state index < -0.39 is 0 Å². The summed E-state index contributed by atoms with van der Waals surface area (Å²) in [5, 5.41) is 0. The molecule has 2 aliphatic carbocycles. The molecule has 1 amide bonds. The van der Waals surface area contributed by atoms with Gasteiger partial charge in [-0.3, -0.25) is 4.79 Å². The predicted octanol–water partition coefficient (Wildman–Crippen LogP) is 2.87. The lowest BCUT2D eigenvalue weighted by Crippen LogP contribution is -2.46. The van der Waals surface area contributed by atoms with Crippen LogP contribution >= 0.6 is 12.2 Å². The number of likely N-dealkylation sites (tertiary alicyclic amines) is 1. The van der Waals surface area contributed by atoms with Gasteiger partial charge in [0.1, 0.15) is 0 Å². The molecule has 0 radical (unpaired) electrons. The highest BCUT2D eigenvalue weighted by Gasteiger charge is 2.39. The molecule has 20 heavy (non-hydrogen) atoms. The number of fused-ring (bicyclic) bond motifs is 1. The van der Waals surface area contributed by atoms with Crippen LogP contribution in [0.3, 0.4) is 0 Å². The average molecular weight is 294 g/mol. The summed E-state index contributed by atoms with van der Waals surface area (Å²) >= 11 is 5.13. The molecule has 112 valence electrons. The molecule has 3 nitrogen and oxygen atoms in total. The first kappa shape index (κ1) is 14.3. The summed E-state index contributed by atoms with van der Waals surface area (Å²) in [6.45, 7) is 0.853. The van der Waals surface area contributed by atoms with Gasteiger partial charge >= 0.3 is 0 Å². The standard InChI is InChI=1S/C16H26N2OS/c17-15(20)14-6-3-9-18(14)16(19)13-8-7-11-4-1-2-5-12(11)10-13/h11-14H,1-10H2,(H2,17,20). The van der Waals surface area contributed by atoms with Crippen LogP contribution in [0.5, 0.6) is 0 Å². The highest BCUT2D eigenvalue weighted by molar-refractivity contribution is 7.80. The van der Waals surface area contributed by atoms with E-state index in [4.69, 9.17) is 18.0 Å². The lowest BCUT2D eigenvalue weighted by molar-refractivity contribution is -0.137. The lowest BCUT2D eigenvalue weighted by atomic mass is 9.67. The van der Waals surface area contributed by atoms with Gasteiger partial charge in [0.25, 0.3) is 0 Å². The summed E-state index contributed by atoms with van der Waals surface area (Å²) in [6.07, 6.45) is 11.0. The van der Waals surface area contributed by atoms with E-state index in [1.165, 1.54) is 32.1 Å². The molecule has 4 unspecified atom stereocenters. The number of carbonyl (C=O) groups excluding carboxylic acids is 1. The maximum Gasteiger partial charge on any atom is 0.226 e. The van der Waals surface area contributed by atoms with Crippen LogP contribution in [0.15, 0.2) is 0 Å². The quantitative estimate of drug-likeness (QED) is 0.797. The monoisotopic (exact) mass is 294 g/mol. The first-order chi connectivity index (χ1) is 9.66. The molecule has 0 bridgehead atoms. The second-order valence-electron chi connectivity index (χ2n) is 6.91. The van der Waals surface area contributed by atoms with E-state index in [0.717, 1.165) is 44.1 Å². The van der Waals surface area contributed by atoms with E-state index in [0.29, 0.717) is 10.9 Å². The number of hydrogen-bond donors (Lipinski definition) is 1. The van der Waals surface area contributed by atoms with Crippen molar-refractivity contribution in [3.63, 3.8) is 0 Å². The van der Waals surface area contributed by atoms with Crippen LogP contribution in [0.1, 0.15) is 57.8 Å². The molecule has 1 aliphatic heterocycles. The zero-order valence-corrected chi connectivity index (χ0v) is 13.0. The summed E-state index contributed by atoms with van der Waals surface area (Å²) < 4.78 is 0. The summed E-state index contributed by atoms with van der Waals surface area (Å²) in [4.78, 5) is 15.3. The average Bonchev–Trinajstić information content (AvgIpc) is 2.95. The van der Waals surface area contributed by atoms with E-state index in [9.17, 15) is 4.79 Å². The van der Waals surface area contributed by atoms with Crippen molar-refractivity contribution >= 4 is 23.1 Å². The van der Waals surface area contributed by atoms with Crippen LogP contribution in [0, 0.1) is 17.8 Å². The topological polar surface area (TPSA) is 46.3 Å². The minimum atomic E-state index is 0.0292. The van der Waals surface area contributed by atoms with Crippen LogP contribution < -0.4 is 5.73 Å². The fraction of sp³-hybridized carbons (Fsp3) is 0.875. The third kappa shape index (κ3) is 2.72. The van der Waals surface area contributed by atoms with Gasteiger partial charge in [-0.05, 0) is 43.9 Å². The van der Waals surface area contributed by atoms with Gasteiger partial charge in [-0.2, -0.15) is 0 Å². The number of amides is 1. The fourth-order valence-corrected chi connectivity index (χ4v) is 4.90. The Morgan fingerprint density at radius 2 is 1.75 bits per heavy atom. The molecule has 3 rings (SSSR count). The number of nitrogens with zero attached hydrogens (tertiary/aromatic N) is 1. The highest BCUT2D eigenvalue weighted by atomic mass is 32.1. The predicted molar refractivity (Wildman–Crippen MR) is 84.3 cm³/mol. The normalized spacial score (nSPS) is 37.5. The van der Waals surface area contributed by atoms with E-state index >= 15 is 0 Å². The van der Waals surface area contributed by atoms with E-state index in [-0.39, 0.29) is 12.0 Å². The van der Waals surface area contributed by atoms with Gasteiger partial charge in [0, 0.05) is 12.5 Å². The molecule has 0 aromatic rings. The Kier molecular flexibility index (Phi) is 4.29. The van der Waals surface area contributed by atoms with Crippen molar-refractivity contribution in [1.29, 1.82) is 0 Å². The van der Waals surface area contributed by atoms with Crippen molar-refractivity contribution in [1.82, 2.24) is 4.90 Å². The first-order valence-corrected chi connectivity index (χ1v) is 8.67. The Labute approximate surface area is 127 Å². The van der Waals surface area contributed by atoms with Gasteiger partial charge in [0.2, 0.25) is 5.91 Å². The van der Waals surface area contributed by atoms with Crippen LogP contribution in [-0.4, -0.2) is 28.4 Å². The van der Waals surface area contributed by atoms with E-state index in [2.05, 4.69) is 0 Å². The Morgan fingerprint density at radius 1 is 1.00 bits per heavy atom. The number of rotatable bonds is 2. The van der Waals surface area contributed by atoms with Gasteiger partial charge in [-0.15, -0.1) is 0 Å². The van der Waals surface area contributed by atoms with Gasteiger partial charge in [0.15, 0.2) is 0 Å². The van der Waals surface area contributed by atoms with E-state index in [1.807, 2.05) is 4.90 Å². The van der Waals surface area contributed by atoms with Crippen molar-refractivity contribution in [3.05, 3.63) is 0 Å². The zero-order valence-electron chi connectivity index (χ0n) is 12.2. The second-order valence-corrected chi connectivity index (χ2v) is 7.38. The molecule has 2 saturated carbocycles. The zero-order chi connectivity index (χ0) is 14.1. The van der Waals surface area contributed by atoms with Crippen molar-refractivity contribution in [3.8, 4) is 0 Å². The molecule has 3 aliphatic rings. The Morgan fingerprint density at radius 3 is 2.50 bits per heavy atom. The molecule has 1 heterocycles. The summed E-state index contributed by atoms with van der Waals surface area (Å²) in [5.41, 5.74) is 5.80. The molecule has 4 atom stereocenters. The smallest absolute Gasteiger partial charge is 0.226 e. The Hall–Kier alpha value is -0.640. The van der Waals surface area contributed by atoms with Gasteiger partial charge in [0.05, 0.1) is 11.0 Å². The number of carbonyl (C=O) groups is 1. The summed E-state index contributed by atoms with van der Waals surface area (Å²) in [6, 6.07) is 0.0292. The Bertz CT molecular complexity index is 398. The highest BCUT2D eigenvalue weighted by Crippen LogP contribution is 2.43. The third-order valence-electron chi connectivity index (χ3n) is 5.75. The first-order valence-electron chi connectivity index (χ1n) is 8.26. The number of thiocarbonyl (C=S) groups is 1. The number of hydrogen-bond acceptors (Lipinski definition) is 2. The summed E-state index contributed by atoms with van der Waals surface area (Å²) in [5.74, 6) is 2.28. The fourth-order valence-electron chi connectivity index (χ4n) is 4.66. The molecule has 0 aromatic heterocycles. The SMILES string of the molecule is NC(=S)C1CCCN1C(=O)C1CCC2CCCCC2C1. The van der Waals surface area contributed by atoms with Gasteiger partial charge in [-0.1, -0.05) is 37.9 Å². The number of nitrogens with two attached hydrogens (primary N) is 1. The lowest BCUT2D eigenvalue weighted by Gasteiger charge is -2.40.